The molecule has 2 aromatic heterocycles. The molecular formula is C18H18N4O2S. The number of pyridine rings is 1. The third kappa shape index (κ3) is 3.56. The number of carbonyl (C=O) groups is 1. The van der Waals surface area contributed by atoms with Gasteiger partial charge in [0.05, 0.1) is 12.3 Å². The molecule has 0 N–H and O–H groups in total. The van der Waals surface area contributed by atoms with Gasteiger partial charge in [0.15, 0.2) is 11.5 Å². The summed E-state index contributed by atoms with van der Waals surface area (Å²) in [6.07, 6.45) is 2.00. The lowest BCUT2D eigenvalue weighted by atomic mass is 10.3. The summed E-state index contributed by atoms with van der Waals surface area (Å²) < 4.78 is 6.91. The smallest absolute Gasteiger partial charge is 0.360 e. The highest BCUT2D eigenvalue weighted by Crippen LogP contribution is 2.27. The minimum atomic E-state index is -0.502. The van der Waals surface area contributed by atoms with Crippen LogP contribution in [-0.2, 0) is 4.74 Å². The largest absolute Gasteiger partial charge is 0.461 e. The number of benzene rings is 1. The van der Waals surface area contributed by atoms with Gasteiger partial charge in [-0.2, -0.15) is 0 Å². The van der Waals surface area contributed by atoms with Gasteiger partial charge in [0.2, 0.25) is 0 Å². The number of carbonyl (C=O) groups excluding carboxylic acids is 1. The lowest BCUT2D eigenvalue weighted by molar-refractivity contribution is 0.0521. The van der Waals surface area contributed by atoms with Crippen LogP contribution in [0.15, 0.2) is 57.6 Å². The first-order valence-corrected chi connectivity index (χ1v) is 9.07. The van der Waals surface area contributed by atoms with Crippen LogP contribution in [0.1, 0.15) is 23.1 Å². The molecule has 0 atom stereocenters. The number of imidazole rings is 1. The molecule has 2 heterocycles. The van der Waals surface area contributed by atoms with Crippen molar-refractivity contribution in [2.45, 2.75) is 18.7 Å². The predicted octanol–water partition coefficient (Wildman–Crippen LogP) is 4.96. The van der Waals surface area contributed by atoms with Crippen LogP contribution in [0.4, 0.5) is 11.5 Å². The van der Waals surface area contributed by atoms with Crippen molar-refractivity contribution in [2.24, 2.45) is 10.2 Å². The molecule has 0 spiro atoms. The number of rotatable bonds is 5. The number of nitrogens with zero attached hydrogens (tertiary/aromatic N) is 4. The standard InChI is InChI=1S/C18H18N4O2S/c1-4-24-18(23)16-17(22-12(2)7-5-10-15(22)19-16)21-20-13-8-6-9-14(11-13)25-3/h5-11H,4H2,1-3H3. The van der Waals surface area contributed by atoms with Crippen molar-refractivity contribution < 1.29 is 9.53 Å². The summed E-state index contributed by atoms with van der Waals surface area (Å²) in [6, 6.07) is 13.4. The van der Waals surface area contributed by atoms with E-state index < -0.39 is 5.97 Å². The van der Waals surface area contributed by atoms with Crippen molar-refractivity contribution in [3.63, 3.8) is 0 Å². The Hall–Kier alpha value is -2.67. The van der Waals surface area contributed by atoms with Gasteiger partial charge < -0.3 is 4.74 Å². The molecule has 0 aliphatic carbocycles. The average molecular weight is 354 g/mol. The molecule has 128 valence electrons. The van der Waals surface area contributed by atoms with E-state index in [0.29, 0.717) is 17.2 Å². The van der Waals surface area contributed by atoms with Gasteiger partial charge in [-0.1, -0.05) is 12.1 Å². The normalized spacial score (nSPS) is 11.3. The van der Waals surface area contributed by atoms with Crippen LogP contribution in [-0.4, -0.2) is 28.2 Å². The van der Waals surface area contributed by atoms with E-state index in [9.17, 15) is 4.79 Å². The number of hydrogen-bond donors (Lipinski definition) is 0. The van der Waals surface area contributed by atoms with Crippen LogP contribution in [0.25, 0.3) is 5.65 Å². The first kappa shape index (κ1) is 17.2. The van der Waals surface area contributed by atoms with Crippen LogP contribution >= 0.6 is 11.8 Å². The van der Waals surface area contributed by atoms with Crippen molar-refractivity contribution >= 4 is 34.9 Å². The molecule has 0 amide bonds. The number of azo groups is 1. The van der Waals surface area contributed by atoms with Gasteiger partial charge in [0.1, 0.15) is 5.65 Å². The molecule has 0 fully saturated rings. The van der Waals surface area contributed by atoms with Crippen LogP contribution in [0.3, 0.4) is 0 Å². The van der Waals surface area contributed by atoms with E-state index in [4.69, 9.17) is 4.74 Å². The second-order valence-corrected chi connectivity index (χ2v) is 6.15. The van der Waals surface area contributed by atoms with Crippen molar-refractivity contribution in [3.8, 4) is 0 Å². The zero-order valence-electron chi connectivity index (χ0n) is 14.3. The zero-order valence-corrected chi connectivity index (χ0v) is 15.1. The Balaban J connectivity index is 2.10. The van der Waals surface area contributed by atoms with Crippen LogP contribution in [0.2, 0.25) is 0 Å². The van der Waals surface area contributed by atoms with Gasteiger partial charge >= 0.3 is 5.97 Å². The number of hydrogen-bond acceptors (Lipinski definition) is 6. The van der Waals surface area contributed by atoms with E-state index in [0.717, 1.165) is 10.6 Å². The number of aromatic nitrogens is 2. The Labute approximate surface area is 149 Å². The molecule has 0 unspecified atom stereocenters. The number of esters is 1. The van der Waals surface area contributed by atoms with Crippen molar-refractivity contribution in [3.05, 3.63) is 53.9 Å². The molecule has 1 aromatic carbocycles. The number of aryl methyl sites for hydroxylation is 1. The summed E-state index contributed by atoms with van der Waals surface area (Å²) in [5.41, 5.74) is 2.42. The molecular weight excluding hydrogens is 336 g/mol. The molecule has 0 bridgehead atoms. The monoisotopic (exact) mass is 354 g/mol. The van der Waals surface area contributed by atoms with Crippen LogP contribution in [0, 0.1) is 6.92 Å². The van der Waals surface area contributed by atoms with E-state index in [1.54, 1.807) is 23.1 Å². The van der Waals surface area contributed by atoms with Crippen molar-refractivity contribution in [1.82, 2.24) is 9.38 Å². The molecule has 7 heteroatoms. The lowest BCUT2D eigenvalue weighted by Crippen LogP contribution is -2.05. The molecule has 3 rings (SSSR count). The number of fused-ring (bicyclic) bond motifs is 1. The SMILES string of the molecule is CCOC(=O)c1nc2cccc(C)n2c1N=Nc1cccc(SC)c1. The third-order valence-corrected chi connectivity index (χ3v) is 4.32. The molecule has 3 aromatic rings. The topological polar surface area (TPSA) is 68.3 Å². The van der Waals surface area contributed by atoms with Crippen molar-refractivity contribution in [2.75, 3.05) is 12.9 Å². The summed E-state index contributed by atoms with van der Waals surface area (Å²) in [5.74, 6) is -0.126. The highest BCUT2D eigenvalue weighted by molar-refractivity contribution is 7.98. The second kappa shape index (κ2) is 7.48. The lowest BCUT2D eigenvalue weighted by Gasteiger charge is -2.02. The first-order valence-electron chi connectivity index (χ1n) is 7.85. The zero-order chi connectivity index (χ0) is 17.8. The summed E-state index contributed by atoms with van der Waals surface area (Å²) >= 11 is 1.63. The average Bonchev–Trinajstić information content (AvgIpc) is 3.00. The number of ether oxygens (including phenoxy) is 1. The minimum Gasteiger partial charge on any atom is -0.461 e. The molecule has 0 aliphatic rings. The van der Waals surface area contributed by atoms with Gasteiger partial charge in [0.25, 0.3) is 0 Å². The maximum Gasteiger partial charge on any atom is 0.360 e. The Bertz CT molecular complexity index is 949. The first-order chi connectivity index (χ1) is 12.1. The summed E-state index contributed by atoms with van der Waals surface area (Å²) in [4.78, 5) is 17.7. The van der Waals surface area contributed by atoms with Gasteiger partial charge in [-0.25, -0.2) is 9.78 Å². The van der Waals surface area contributed by atoms with Crippen molar-refractivity contribution in [1.29, 1.82) is 0 Å². The maximum atomic E-state index is 12.3. The quantitative estimate of drug-likeness (QED) is 0.369. The molecule has 6 nitrogen and oxygen atoms in total. The predicted molar refractivity (Wildman–Crippen MR) is 98.3 cm³/mol. The Morgan fingerprint density at radius 3 is 2.80 bits per heavy atom. The summed E-state index contributed by atoms with van der Waals surface area (Å²) in [5, 5.41) is 8.61. The van der Waals surface area contributed by atoms with E-state index in [1.165, 1.54) is 0 Å². The maximum absolute atomic E-state index is 12.3. The Morgan fingerprint density at radius 1 is 1.24 bits per heavy atom. The van der Waals surface area contributed by atoms with Crippen LogP contribution in [0.5, 0.6) is 0 Å². The second-order valence-electron chi connectivity index (χ2n) is 5.27. The molecule has 25 heavy (non-hydrogen) atoms. The highest BCUT2D eigenvalue weighted by atomic mass is 32.2. The van der Waals surface area contributed by atoms with Gasteiger partial charge in [0, 0.05) is 10.6 Å². The van der Waals surface area contributed by atoms with Gasteiger partial charge in [-0.15, -0.1) is 22.0 Å². The molecule has 0 radical (unpaired) electrons. The van der Waals surface area contributed by atoms with E-state index >= 15 is 0 Å². The van der Waals surface area contributed by atoms with Crippen LogP contribution < -0.4 is 0 Å². The summed E-state index contributed by atoms with van der Waals surface area (Å²) in [7, 11) is 0. The number of thioether (sulfide) groups is 1. The molecule has 0 saturated heterocycles. The Morgan fingerprint density at radius 2 is 2.04 bits per heavy atom. The molecule has 0 aliphatic heterocycles. The van der Waals surface area contributed by atoms with E-state index in [-0.39, 0.29) is 12.3 Å². The fourth-order valence-electron chi connectivity index (χ4n) is 2.44. The minimum absolute atomic E-state index is 0.168. The molecule has 0 saturated carbocycles. The van der Waals surface area contributed by atoms with E-state index in [1.807, 2.05) is 55.6 Å². The van der Waals surface area contributed by atoms with Gasteiger partial charge in [-0.05, 0) is 50.4 Å². The summed E-state index contributed by atoms with van der Waals surface area (Å²) in [6.45, 7) is 3.96. The third-order valence-electron chi connectivity index (χ3n) is 3.60. The van der Waals surface area contributed by atoms with E-state index in [2.05, 4.69) is 15.2 Å². The Kier molecular flexibility index (Phi) is 5.14. The highest BCUT2D eigenvalue weighted by Gasteiger charge is 2.21. The van der Waals surface area contributed by atoms with Gasteiger partial charge in [-0.3, -0.25) is 4.40 Å². The fourth-order valence-corrected chi connectivity index (χ4v) is 2.90. The fraction of sp³-hybridized carbons (Fsp3) is 0.222.